The molecule has 0 aliphatic heterocycles. The maximum absolute atomic E-state index is 12.9. The SMILES string of the molecule is OCCc1cn(Cc2nc(-c3ccoc3)no2)nc1C(F)(F)F. The molecule has 0 aliphatic carbocycles. The maximum Gasteiger partial charge on any atom is 0.435 e. The predicted molar refractivity (Wildman–Crippen MR) is 69.1 cm³/mol. The van der Waals surface area contributed by atoms with Gasteiger partial charge in [0.1, 0.15) is 12.8 Å². The van der Waals surface area contributed by atoms with Gasteiger partial charge in [-0.3, -0.25) is 4.68 Å². The monoisotopic (exact) mass is 328 g/mol. The fourth-order valence-electron chi connectivity index (χ4n) is 2.05. The average Bonchev–Trinajstić information content (AvgIpc) is 3.18. The van der Waals surface area contributed by atoms with E-state index in [-0.39, 0.29) is 30.2 Å². The number of aliphatic hydroxyl groups excluding tert-OH is 1. The summed E-state index contributed by atoms with van der Waals surface area (Å²) in [6.45, 7) is -0.515. The van der Waals surface area contributed by atoms with Crippen LogP contribution in [0.1, 0.15) is 17.1 Å². The van der Waals surface area contributed by atoms with Crippen molar-refractivity contribution in [3.8, 4) is 11.4 Å². The minimum absolute atomic E-state index is 0.0884. The summed E-state index contributed by atoms with van der Waals surface area (Å²) in [4.78, 5) is 4.07. The second-order valence-electron chi connectivity index (χ2n) is 4.70. The van der Waals surface area contributed by atoms with Crippen LogP contribution in [0.25, 0.3) is 11.4 Å². The van der Waals surface area contributed by atoms with Gasteiger partial charge in [0.2, 0.25) is 11.7 Å². The van der Waals surface area contributed by atoms with Crippen molar-refractivity contribution in [2.75, 3.05) is 6.61 Å². The van der Waals surface area contributed by atoms with Gasteiger partial charge in [0.25, 0.3) is 0 Å². The summed E-state index contributed by atoms with van der Waals surface area (Å²) in [5, 5.41) is 16.1. The molecular weight excluding hydrogens is 317 g/mol. The molecule has 3 aromatic heterocycles. The largest absolute Gasteiger partial charge is 0.472 e. The number of furan rings is 1. The number of alkyl halides is 3. The zero-order chi connectivity index (χ0) is 16.4. The fourth-order valence-corrected chi connectivity index (χ4v) is 2.05. The standard InChI is InChI=1S/C13H11F3N4O3/c14-13(15,16)11-8(1-3-21)5-20(18-11)6-10-17-12(19-23-10)9-2-4-22-7-9/h2,4-5,7,21H,1,3,6H2. The van der Waals surface area contributed by atoms with Gasteiger partial charge in [0.05, 0.1) is 11.8 Å². The van der Waals surface area contributed by atoms with Crippen LogP contribution >= 0.6 is 0 Å². The van der Waals surface area contributed by atoms with Crippen LogP contribution in [-0.2, 0) is 19.1 Å². The van der Waals surface area contributed by atoms with Gasteiger partial charge in [0.15, 0.2) is 5.69 Å². The van der Waals surface area contributed by atoms with E-state index in [1.165, 1.54) is 18.7 Å². The van der Waals surface area contributed by atoms with E-state index >= 15 is 0 Å². The van der Waals surface area contributed by atoms with Crippen LogP contribution in [0.3, 0.4) is 0 Å². The number of rotatable bonds is 5. The minimum Gasteiger partial charge on any atom is -0.472 e. The zero-order valence-corrected chi connectivity index (χ0v) is 11.6. The van der Waals surface area contributed by atoms with Crippen molar-refractivity contribution in [1.82, 2.24) is 19.9 Å². The summed E-state index contributed by atoms with van der Waals surface area (Å²) in [7, 11) is 0. The van der Waals surface area contributed by atoms with Crippen LogP contribution < -0.4 is 0 Å². The second kappa shape index (κ2) is 5.88. The van der Waals surface area contributed by atoms with Gasteiger partial charge < -0.3 is 14.0 Å². The van der Waals surface area contributed by atoms with Crippen molar-refractivity contribution >= 4 is 0 Å². The Bertz CT molecular complexity index is 777. The second-order valence-corrected chi connectivity index (χ2v) is 4.70. The highest BCUT2D eigenvalue weighted by Crippen LogP contribution is 2.31. The molecule has 0 saturated carbocycles. The normalized spacial score (nSPS) is 12.0. The van der Waals surface area contributed by atoms with Crippen LogP contribution in [-0.4, -0.2) is 31.6 Å². The lowest BCUT2D eigenvalue weighted by molar-refractivity contribution is -0.142. The van der Waals surface area contributed by atoms with Gasteiger partial charge in [-0.1, -0.05) is 5.16 Å². The third-order valence-corrected chi connectivity index (χ3v) is 3.03. The first kappa shape index (κ1) is 15.3. The zero-order valence-electron chi connectivity index (χ0n) is 11.6. The highest BCUT2D eigenvalue weighted by Gasteiger charge is 2.37. The number of nitrogens with zero attached hydrogens (tertiary/aromatic N) is 4. The number of halogens is 3. The van der Waals surface area contributed by atoms with E-state index in [0.29, 0.717) is 5.56 Å². The third kappa shape index (κ3) is 3.26. The first-order chi connectivity index (χ1) is 11.0. The fraction of sp³-hybridized carbons (Fsp3) is 0.308. The summed E-state index contributed by atoms with van der Waals surface area (Å²) < 4.78 is 49.6. The molecule has 0 spiro atoms. The van der Waals surface area contributed by atoms with Crippen LogP contribution in [0.5, 0.6) is 0 Å². The minimum atomic E-state index is -4.59. The number of hydrogen-bond donors (Lipinski definition) is 1. The Morgan fingerprint density at radius 3 is 2.78 bits per heavy atom. The summed E-state index contributed by atoms with van der Waals surface area (Å²) in [5.74, 6) is 0.375. The van der Waals surface area contributed by atoms with E-state index in [9.17, 15) is 13.2 Å². The Morgan fingerprint density at radius 2 is 2.13 bits per heavy atom. The highest BCUT2D eigenvalue weighted by molar-refractivity contribution is 5.51. The smallest absolute Gasteiger partial charge is 0.435 e. The molecule has 3 rings (SSSR count). The van der Waals surface area contributed by atoms with E-state index in [1.54, 1.807) is 6.07 Å². The average molecular weight is 328 g/mol. The predicted octanol–water partition coefficient (Wildman–Crippen LogP) is 2.13. The molecular formula is C13H11F3N4O3. The molecule has 0 aromatic carbocycles. The molecule has 0 atom stereocenters. The topological polar surface area (TPSA) is 90.1 Å². The van der Waals surface area contributed by atoms with Gasteiger partial charge in [-0.25, -0.2) is 0 Å². The van der Waals surface area contributed by atoms with Gasteiger partial charge >= 0.3 is 6.18 Å². The van der Waals surface area contributed by atoms with Crippen LogP contribution in [0.15, 0.2) is 33.7 Å². The highest BCUT2D eigenvalue weighted by atomic mass is 19.4. The molecule has 23 heavy (non-hydrogen) atoms. The molecule has 3 aromatic rings. The van der Waals surface area contributed by atoms with Crippen LogP contribution in [0.4, 0.5) is 13.2 Å². The van der Waals surface area contributed by atoms with Gasteiger partial charge in [-0.05, 0) is 12.5 Å². The Morgan fingerprint density at radius 1 is 1.30 bits per heavy atom. The Hall–Kier alpha value is -2.62. The van der Waals surface area contributed by atoms with Crippen LogP contribution in [0, 0.1) is 0 Å². The molecule has 0 saturated heterocycles. The van der Waals surface area contributed by atoms with Gasteiger partial charge in [0, 0.05) is 18.4 Å². The third-order valence-electron chi connectivity index (χ3n) is 3.03. The number of hydrogen-bond acceptors (Lipinski definition) is 6. The lowest BCUT2D eigenvalue weighted by Crippen LogP contribution is -2.11. The van der Waals surface area contributed by atoms with E-state index in [2.05, 4.69) is 15.2 Å². The van der Waals surface area contributed by atoms with Crippen molar-refractivity contribution in [3.63, 3.8) is 0 Å². The summed E-state index contributed by atoms with van der Waals surface area (Å²) >= 11 is 0. The van der Waals surface area contributed by atoms with E-state index in [0.717, 1.165) is 4.68 Å². The molecule has 0 unspecified atom stereocenters. The summed E-state index contributed by atoms with van der Waals surface area (Å²) in [6.07, 6.45) is -0.661. The van der Waals surface area contributed by atoms with Gasteiger partial charge in [-0.15, -0.1) is 0 Å². The molecule has 0 bridgehead atoms. The van der Waals surface area contributed by atoms with E-state index in [1.807, 2.05) is 0 Å². The molecule has 10 heteroatoms. The number of aromatic nitrogens is 4. The van der Waals surface area contributed by atoms with Crippen molar-refractivity contribution in [1.29, 1.82) is 0 Å². The van der Waals surface area contributed by atoms with E-state index < -0.39 is 18.5 Å². The van der Waals surface area contributed by atoms with Crippen molar-refractivity contribution in [2.45, 2.75) is 19.1 Å². The van der Waals surface area contributed by atoms with Crippen molar-refractivity contribution in [3.05, 3.63) is 41.9 Å². The summed E-state index contributed by atoms with van der Waals surface area (Å²) in [5.41, 5.74) is -0.520. The van der Waals surface area contributed by atoms with Crippen molar-refractivity contribution < 1.29 is 27.2 Å². The lowest BCUT2D eigenvalue weighted by Gasteiger charge is -2.04. The molecule has 0 amide bonds. The first-order valence-electron chi connectivity index (χ1n) is 6.57. The Balaban J connectivity index is 1.83. The molecule has 7 nitrogen and oxygen atoms in total. The maximum atomic E-state index is 12.9. The van der Waals surface area contributed by atoms with Crippen molar-refractivity contribution in [2.24, 2.45) is 0 Å². The Labute approximate surface area is 127 Å². The molecule has 0 radical (unpaired) electrons. The molecule has 122 valence electrons. The summed E-state index contributed by atoms with van der Waals surface area (Å²) in [6, 6.07) is 1.63. The number of aliphatic hydroxyl groups is 1. The Kier molecular flexibility index (Phi) is 3.90. The first-order valence-corrected chi connectivity index (χ1v) is 6.57. The molecule has 0 aliphatic rings. The lowest BCUT2D eigenvalue weighted by atomic mass is 10.2. The molecule has 0 fully saturated rings. The van der Waals surface area contributed by atoms with E-state index in [4.69, 9.17) is 14.0 Å². The van der Waals surface area contributed by atoms with Gasteiger partial charge in [-0.2, -0.15) is 23.3 Å². The molecule has 3 heterocycles. The molecule has 1 N–H and O–H groups in total. The van der Waals surface area contributed by atoms with Crippen LogP contribution in [0.2, 0.25) is 0 Å². The quantitative estimate of drug-likeness (QED) is 0.771.